The fourth-order valence-corrected chi connectivity index (χ4v) is 1.07. The van der Waals surface area contributed by atoms with Crippen molar-refractivity contribution in [1.29, 1.82) is 0 Å². The van der Waals surface area contributed by atoms with Crippen LogP contribution in [0.25, 0.3) is 0 Å². The van der Waals surface area contributed by atoms with Crippen LogP contribution in [0.2, 0.25) is 0 Å². The highest BCUT2D eigenvalue weighted by Gasteiger charge is 2.82. The summed E-state index contributed by atoms with van der Waals surface area (Å²) in [6, 6.07) is -14.8. The Balaban J connectivity index is 6.48. The van der Waals surface area contributed by atoms with Gasteiger partial charge >= 0.3 is 43.5 Å². The van der Waals surface area contributed by atoms with Crippen LogP contribution < -0.4 is 0 Å². The van der Waals surface area contributed by atoms with Gasteiger partial charge in [-0.15, -0.1) is 52.7 Å². The van der Waals surface area contributed by atoms with E-state index in [1.165, 1.54) is 18.9 Å². The van der Waals surface area contributed by atoms with Crippen LogP contribution in [0.4, 0.5) is 70.2 Å². The summed E-state index contributed by atoms with van der Waals surface area (Å²) in [5, 5.41) is 0. The third kappa shape index (κ3) is 7.70. The van der Waals surface area contributed by atoms with E-state index in [0.717, 1.165) is 0 Å². The van der Waals surface area contributed by atoms with E-state index >= 15 is 0 Å². The van der Waals surface area contributed by atoms with Gasteiger partial charge in [-0.3, -0.25) is 0 Å². The molecule has 4 nitrogen and oxygen atoms in total. The van der Waals surface area contributed by atoms with Gasteiger partial charge in [0.1, 0.15) is 0 Å². The molecule has 0 aromatic heterocycles. The van der Waals surface area contributed by atoms with Gasteiger partial charge in [-0.2, -0.15) is 17.6 Å². The molecule has 0 atom stereocenters. The van der Waals surface area contributed by atoms with Gasteiger partial charge in [0, 0.05) is 0 Å². The molecule has 164 valence electrons. The first-order valence-corrected chi connectivity index (χ1v) is 5.16. The van der Waals surface area contributed by atoms with Crippen molar-refractivity contribution in [3.63, 3.8) is 0 Å². The molecule has 0 fully saturated rings. The summed E-state index contributed by atoms with van der Waals surface area (Å²) in [4.78, 5) is 0. The van der Waals surface area contributed by atoms with E-state index in [2.05, 4.69) is 0 Å². The lowest BCUT2D eigenvalue weighted by atomic mass is 10.2. The summed E-state index contributed by atoms with van der Waals surface area (Å²) >= 11 is 0. The zero-order valence-electron chi connectivity index (χ0n) is 11.2. The first-order valence-electron chi connectivity index (χ1n) is 5.16. The number of rotatable bonds is 6. The predicted octanol–water partition coefficient (Wildman–Crippen LogP) is 5.01. The second-order valence-corrected chi connectivity index (χ2v) is 3.84. The van der Waals surface area contributed by atoms with Crippen molar-refractivity contribution in [2.24, 2.45) is 0 Å². The molecule has 0 rings (SSSR count). The molecular weight excluding hydrogens is 452 g/mol. The molecule has 0 spiro atoms. The average Bonchev–Trinajstić information content (AvgIpc) is 2.16. The second kappa shape index (κ2) is 6.95. The molecule has 0 aliphatic carbocycles. The minimum atomic E-state index is -7.86. The van der Waals surface area contributed by atoms with E-state index in [1.54, 1.807) is 0 Å². The zero-order chi connectivity index (χ0) is 22.3. The molecule has 0 aliphatic heterocycles. The van der Waals surface area contributed by atoms with Crippen molar-refractivity contribution in [3.8, 4) is 0 Å². The van der Waals surface area contributed by atoms with Crippen LogP contribution in [0.5, 0.6) is 0 Å². The Morgan fingerprint density at radius 3 is 0.556 bits per heavy atom. The van der Waals surface area contributed by atoms with Crippen molar-refractivity contribution in [1.82, 2.24) is 0 Å². The quantitative estimate of drug-likeness (QED) is 0.420. The predicted molar refractivity (Wildman–Crippen MR) is 41.2 cm³/mol. The molecule has 0 saturated heterocycles. The monoisotopic (exact) mass is 452 g/mol. The standard InChI is InChI=1S/C7F16O4/c8-1(9,2(10,24-4(12,13)14)25-5(15,16)17)3(11,26-6(18,19)20)27-7(21,22)23. The largest absolute Gasteiger partial charge is 0.527 e. The molecule has 0 N–H and O–H groups in total. The van der Waals surface area contributed by atoms with E-state index < -0.39 is 43.5 Å². The maximum Gasteiger partial charge on any atom is 0.527 e. The molecule has 20 heteroatoms. The molecule has 0 saturated carbocycles. The minimum absolute atomic E-state index is 1.45. The maximum atomic E-state index is 13.4. The second-order valence-electron chi connectivity index (χ2n) is 3.84. The lowest BCUT2D eigenvalue weighted by Gasteiger charge is -2.39. The van der Waals surface area contributed by atoms with E-state index in [-0.39, 0.29) is 0 Å². The van der Waals surface area contributed by atoms with Gasteiger partial charge < -0.3 is 0 Å². The molecular formula is C7F16O4. The van der Waals surface area contributed by atoms with Crippen molar-refractivity contribution in [2.75, 3.05) is 0 Å². The zero-order valence-corrected chi connectivity index (χ0v) is 11.2. The number of ether oxygens (including phenoxy) is 4. The number of halogens is 16. The van der Waals surface area contributed by atoms with Gasteiger partial charge in [0.25, 0.3) is 0 Å². The third-order valence-electron chi connectivity index (χ3n) is 1.74. The van der Waals surface area contributed by atoms with Gasteiger partial charge in [0.15, 0.2) is 0 Å². The van der Waals surface area contributed by atoms with Crippen LogP contribution in [0, 0.1) is 0 Å². The average molecular weight is 452 g/mol. The van der Waals surface area contributed by atoms with Crippen LogP contribution in [-0.2, 0) is 18.9 Å². The third-order valence-corrected chi connectivity index (χ3v) is 1.74. The van der Waals surface area contributed by atoms with Gasteiger partial charge in [0.2, 0.25) is 0 Å². The number of hydrogen-bond donors (Lipinski definition) is 0. The summed E-state index contributed by atoms with van der Waals surface area (Å²) < 4.78 is 201. The highest BCUT2D eigenvalue weighted by atomic mass is 19.4. The maximum absolute atomic E-state index is 13.4. The fourth-order valence-electron chi connectivity index (χ4n) is 1.07. The Morgan fingerprint density at radius 2 is 0.444 bits per heavy atom. The molecule has 0 bridgehead atoms. The van der Waals surface area contributed by atoms with Crippen LogP contribution in [0.1, 0.15) is 0 Å². The lowest BCUT2D eigenvalue weighted by Crippen LogP contribution is -2.67. The smallest absolute Gasteiger partial charge is 0.224 e. The molecule has 0 aromatic carbocycles. The van der Waals surface area contributed by atoms with E-state index in [4.69, 9.17) is 0 Å². The molecule has 0 amide bonds. The van der Waals surface area contributed by atoms with Gasteiger partial charge in [-0.1, -0.05) is 0 Å². The van der Waals surface area contributed by atoms with Gasteiger partial charge in [-0.25, -0.2) is 18.9 Å². The van der Waals surface area contributed by atoms with E-state index in [9.17, 15) is 70.2 Å². The van der Waals surface area contributed by atoms with Crippen LogP contribution in [0.15, 0.2) is 0 Å². The Morgan fingerprint density at radius 1 is 0.296 bits per heavy atom. The number of alkyl halides is 16. The SMILES string of the molecule is FC(F)(F)OC(F)(OC(F)(F)F)C(F)(F)C(F)(OC(F)(F)F)OC(F)(F)F. The highest BCUT2D eigenvalue weighted by Crippen LogP contribution is 2.53. The van der Waals surface area contributed by atoms with Crippen LogP contribution in [-0.4, -0.2) is 43.5 Å². The topological polar surface area (TPSA) is 36.9 Å². The Hall–Kier alpha value is -1.28. The van der Waals surface area contributed by atoms with E-state index in [0.29, 0.717) is 0 Å². The first-order chi connectivity index (χ1) is 11.3. The molecule has 27 heavy (non-hydrogen) atoms. The first kappa shape index (κ1) is 25.7. The summed E-state index contributed by atoms with van der Waals surface area (Å²) in [5.74, 6) is -7.86. The van der Waals surface area contributed by atoms with Gasteiger partial charge in [0.05, 0.1) is 0 Å². The molecule has 0 aromatic rings. The summed E-state index contributed by atoms with van der Waals surface area (Å²) in [5.41, 5.74) is 0. The number of hydrogen-bond acceptors (Lipinski definition) is 4. The van der Waals surface area contributed by atoms with Crippen LogP contribution in [0.3, 0.4) is 0 Å². The van der Waals surface area contributed by atoms with Crippen molar-refractivity contribution >= 4 is 0 Å². The van der Waals surface area contributed by atoms with Gasteiger partial charge in [-0.05, 0) is 0 Å². The normalized spacial score (nSPS) is 16.0. The van der Waals surface area contributed by atoms with Crippen molar-refractivity contribution in [3.05, 3.63) is 0 Å². The molecule has 0 heterocycles. The van der Waals surface area contributed by atoms with Crippen molar-refractivity contribution in [2.45, 2.75) is 43.5 Å². The van der Waals surface area contributed by atoms with Crippen molar-refractivity contribution < 1.29 is 89.2 Å². The molecule has 0 radical (unpaired) electrons. The van der Waals surface area contributed by atoms with E-state index in [1.807, 2.05) is 0 Å². The van der Waals surface area contributed by atoms with Crippen LogP contribution >= 0.6 is 0 Å². The molecule has 0 unspecified atom stereocenters. The summed E-state index contributed by atoms with van der Waals surface area (Å²) in [7, 11) is 0. The minimum Gasteiger partial charge on any atom is -0.224 e. The lowest BCUT2D eigenvalue weighted by molar-refractivity contribution is -0.613. The highest BCUT2D eigenvalue weighted by molar-refractivity contribution is 4.89. The summed E-state index contributed by atoms with van der Waals surface area (Å²) in [6.45, 7) is 0. The summed E-state index contributed by atoms with van der Waals surface area (Å²) in [6.07, 6.45) is -27.9. The molecule has 0 aliphatic rings. The Bertz CT molecular complexity index is 423. The Labute approximate surface area is 134 Å². The fraction of sp³-hybridized carbons (Fsp3) is 1.00. The Kier molecular flexibility index (Phi) is 6.62.